The van der Waals surface area contributed by atoms with Gasteiger partial charge < -0.3 is 10.3 Å². The molecule has 1 aliphatic carbocycles. The van der Waals surface area contributed by atoms with E-state index < -0.39 is 0 Å². The number of aromatic nitrogens is 1. The number of hydrogen-bond donors (Lipinski definition) is 1. The molecule has 0 unspecified atom stereocenters. The van der Waals surface area contributed by atoms with E-state index in [1.54, 1.807) is 18.2 Å². The number of nitrogens with two attached hydrogens (primary N) is 1. The number of allylic oxidation sites excluding steroid dienone is 2. The first kappa shape index (κ1) is 17.4. The second kappa shape index (κ2) is 7.53. The highest BCUT2D eigenvalue weighted by Gasteiger charge is 2.20. The van der Waals surface area contributed by atoms with Gasteiger partial charge in [-0.15, -0.1) is 0 Å². The summed E-state index contributed by atoms with van der Waals surface area (Å²) in [6.07, 6.45) is 7.83. The van der Waals surface area contributed by atoms with Crippen molar-refractivity contribution in [2.75, 3.05) is 0 Å². The summed E-state index contributed by atoms with van der Waals surface area (Å²) in [5.74, 6) is 0. The normalized spacial score (nSPS) is 15.2. The molecule has 0 bridgehead atoms. The van der Waals surface area contributed by atoms with Crippen LogP contribution in [-0.2, 0) is 0 Å². The Morgan fingerprint density at radius 1 is 1.12 bits per heavy atom. The SMILES string of the molecule is Cc1cc(/C=C(\C#N)C(N)=C(C#N)C#N)c(C)n1C1CCCCC1. The first-order valence-electron chi connectivity index (χ1n) is 8.14. The molecule has 0 spiro atoms. The van der Waals surface area contributed by atoms with E-state index in [0.29, 0.717) is 6.04 Å². The van der Waals surface area contributed by atoms with Crippen LogP contribution >= 0.6 is 0 Å². The molecule has 2 rings (SSSR count). The Labute approximate surface area is 142 Å². The average Bonchev–Trinajstić information content (AvgIpc) is 2.88. The van der Waals surface area contributed by atoms with Crippen molar-refractivity contribution in [3.63, 3.8) is 0 Å². The van der Waals surface area contributed by atoms with E-state index in [1.165, 1.54) is 32.1 Å². The summed E-state index contributed by atoms with van der Waals surface area (Å²) in [7, 11) is 0. The van der Waals surface area contributed by atoms with Crippen LogP contribution in [0.5, 0.6) is 0 Å². The molecule has 1 fully saturated rings. The third kappa shape index (κ3) is 3.34. The highest BCUT2D eigenvalue weighted by Crippen LogP contribution is 2.32. The summed E-state index contributed by atoms with van der Waals surface area (Å²) in [4.78, 5) is 0. The zero-order valence-corrected chi connectivity index (χ0v) is 14.1. The second-order valence-electron chi connectivity index (χ2n) is 6.17. The summed E-state index contributed by atoms with van der Waals surface area (Å²) in [6, 6.07) is 8.01. The van der Waals surface area contributed by atoms with Gasteiger partial charge in [-0.1, -0.05) is 19.3 Å². The predicted molar refractivity (Wildman–Crippen MR) is 92.1 cm³/mol. The molecule has 1 heterocycles. The minimum absolute atomic E-state index is 0.0648. The van der Waals surface area contributed by atoms with E-state index in [0.717, 1.165) is 17.0 Å². The minimum atomic E-state index is -0.233. The molecule has 5 nitrogen and oxygen atoms in total. The maximum absolute atomic E-state index is 9.36. The van der Waals surface area contributed by atoms with Crippen molar-refractivity contribution in [1.29, 1.82) is 15.8 Å². The van der Waals surface area contributed by atoms with E-state index in [2.05, 4.69) is 11.5 Å². The highest BCUT2D eigenvalue weighted by molar-refractivity contribution is 5.67. The van der Waals surface area contributed by atoms with Crippen LogP contribution in [0, 0.1) is 47.8 Å². The fraction of sp³-hybridized carbons (Fsp3) is 0.421. The Balaban J connectivity index is 2.47. The summed E-state index contributed by atoms with van der Waals surface area (Å²) >= 11 is 0. The van der Waals surface area contributed by atoms with Gasteiger partial charge in [0, 0.05) is 17.4 Å². The van der Waals surface area contributed by atoms with Crippen molar-refractivity contribution in [2.24, 2.45) is 5.73 Å². The summed E-state index contributed by atoms with van der Waals surface area (Å²) < 4.78 is 2.34. The van der Waals surface area contributed by atoms with E-state index in [4.69, 9.17) is 16.3 Å². The summed E-state index contributed by atoms with van der Waals surface area (Å²) in [6.45, 7) is 4.11. The molecule has 5 heteroatoms. The fourth-order valence-corrected chi connectivity index (χ4v) is 3.46. The Morgan fingerprint density at radius 2 is 1.75 bits per heavy atom. The topological polar surface area (TPSA) is 102 Å². The number of aryl methyl sites for hydroxylation is 1. The van der Waals surface area contributed by atoms with Gasteiger partial charge in [-0.05, 0) is 44.4 Å². The molecule has 1 aliphatic rings. The fourth-order valence-electron chi connectivity index (χ4n) is 3.46. The lowest BCUT2D eigenvalue weighted by Crippen LogP contribution is -2.15. The van der Waals surface area contributed by atoms with Gasteiger partial charge in [-0.25, -0.2) is 0 Å². The molecule has 0 aliphatic heterocycles. The van der Waals surface area contributed by atoms with Crippen LogP contribution in [0.15, 0.2) is 22.9 Å². The van der Waals surface area contributed by atoms with Crippen LogP contribution in [0.25, 0.3) is 6.08 Å². The Hall–Kier alpha value is -2.97. The molecule has 2 N–H and O–H groups in total. The number of nitrogens with zero attached hydrogens (tertiary/aromatic N) is 4. The molecular weight excluding hydrogens is 298 g/mol. The van der Waals surface area contributed by atoms with Crippen LogP contribution < -0.4 is 5.73 Å². The second-order valence-corrected chi connectivity index (χ2v) is 6.17. The van der Waals surface area contributed by atoms with Gasteiger partial charge in [-0.2, -0.15) is 15.8 Å². The lowest BCUT2D eigenvalue weighted by molar-refractivity contribution is 0.346. The van der Waals surface area contributed by atoms with Crippen LogP contribution in [0.3, 0.4) is 0 Å². The molecular formula is C19H21N5. The standard InChI is InChI=1S/C19H21N5/c1-13-8-15(9-16(10-20)19(23)17(11-21)12-22)14(2)24(13)18-6-4-3-5-7-18/h8-9,18H,3-7,23H2,1-2H3/b16-9+. The Morgan fingerprint density at radius 3 is 2.29 bits per heavy atom. The molecule has 1 saturated carbocycles. The Kier molecular flexibility index (Phi) is 5.46. The summed E-state index contributed by atoms with van der Waals surface area (Å²) in [5, 5.41) is 27.2. The highest BCUT2D eigenvalue weighted by atomic mass is 15.0. The van der Waals surface area contributed by atoms with E-state index in [1.807, 2.05) is 19.1 Å². The molecule has 0 radical (unpaired) electrons. The summed E-state index contributed by atoms with van der Waals surface area (Å²) in [5.41, 5.74) is 8.83. The van der Waals surface area contributed by atoms with Crippen molar-refractivity contribution in [3.8, 4) is 18.2 Å². The first-order valence-corrected chi connectivity index (χ1v) is 8.14. The number of nitriles is 3. The quantitative estimate of drug-likeness (QED) is 0.676. The van der Waals surface area contributed by atoms with E-state index >= 15 is 0 Å². The third-order valence-corrected chi connectivity index (χ3v) is 4.67. The van der Waals surface area contributed by atoms with Crippen molar-refractivity contribution in [1.82, 2.24) is 4.57 Å². The molecule has 1 aromatic heterocycles. The molecule has 24 heavy (non-hydrogen) atoms. The average molecular weight is 319 g/mol. The monoisotopic (exact) mass is 319 g/mol. The van der Waals surface area contributed by atoms with Crippen LogP contribution in [-0.4, -0.2) is 4.57 Å². The number of hydrogen-bond acceptors (Lipinski definition) is 4. The van der Waals surface area contributed by atoms with Gasteiger partial charge in [0.1, 0.15) is 18.2 Å². The van der Waals surface area contributed by atoms with Gasteiger partial charge in [0.25, 0.3) is 0 Å². The number of rotatable bonds is 3. The van der Waals surface area contributed by atoms with Crippen molar-refractivity contribution >= 4 is 6.08 Å². The lowest BCUT2D eigenvalue weighted by Gasteiger charge is -2.26. The minimum Gasteiger partial charge on any atom is -0.396 e. The Bertz CT molecular complexity index is 796. The van der Waals surface area contributed by atoms with Crippen LogP contribution in [0.1, 0.15) is 55.1 Å². The first-order chi connectivity index (χ1) is 11.5. The van der Waals surface area contributed by atoms with Gasteiger partial charge in [-0.3, -0.25) is 0 Å². The molecule has 1 aromatic rings. The van der Waals surface area contributed by atoms with E-state index in [9.17, 15) is 5.26 Å². The van der Waals surface area contributed by atoms with Crippen LogP contribution in [0.2, 0.25) is 0 Å². The lowest BCUT2D eigenvalue weighted by atomic mass is 9.95. The predicted octanol–water partition coefficient (Wildman–Crippen LogP) is 3.78. The van der Waals surface area contributed by atoms with Crippen molar-refractivity contribution < 1.29 is 0 Å². The van der Waals surface area contributed by atoms with Crippen molar-refractivity contribution in [2.45, 2.75) is 52.0 Å². The van der Waals surface area contributed by atoms with Crippen molar-refractivity contribution in [3.05, 3.63) is 39.9 Å². The maximum atomic E-state index is 9.36. The molecule has 0 amide bonds. The van der Waals surface area contributed by atoms with E-state index in [-0.39, 0.29) is 16.8 Å². The maximum Gasteiger partial charge on any atom is 0.153 e. The zero-order chi connectivity index (χ0) is 17.7. The molecule has 0 aromatic carbocycles. The van der Waals surface area contributed by atoms with Crippen LogP contribution in [0.4, 0.5) is 0 Å². The smallest absolute Gasteiger partial charge is 0.153 e. The largest absolute Gasteiger partial charge is 0.396 e. The van der Waals surface area contributed by atoms with Gasteiger partial charge >= 0.3 is 0 Å². The van der Waals surface area contributed by atoms with Gasteiger partial charge in [0.15, 0.2) is 5.57 Å². The molecule has 0 atom stereocenters. The molecule has 0 saturated heterocycles. The van der Waals surface area contributed by atoms with Gasteiger partial charge in [0.2, 0.25) is 0 Å². The third-order valence-electron chi connectivity index (χ3n) is 4.67. The molecule has 122 valence electrons. The van der Waals surface area contributed by atoms with Gasteiger partial charge in [0.05, 0.1) is 11.3 Å². The zero-order valence-electron chi connectivity index (χ0n) is 14.1.